The molecule has 0 aliphatic carbocycles. The Kier molecular flexibility index (Phi) is 3.62. The average molecular weight is 231 g/mol. The fraction of sp³-hybridized carbons (Fsp3) is 0.462. The molecule has 1 saturated heterocycles. The summed E-state index contributed by atoms with van der Waals surface area (Å²) in [6.07, 6.45) is 2.05. The molecule has 1 aromatic rings. The monoisotopic (exact) mass is 231 g/mol. The van der Waals surface area contributed by atoms with E-state index < -0.39 is 0 Å². The molecule has 1 fully saturated rings. The number of nitrogens with zero attached hydrogens (tertiary/aromatic N) is 2. The van der Waals surface area contributed by atoms with Gasteiger partial charge in [-0.05, 0) is 30.5 Å². The molecule has 0 radical (unpaired) electrons. The molecule has 0 saturated carbocycles. The highest BCUT2D eigenvalue weighted by atomic mass is 16.3. The minimum absolute atomic E-state index is 0.142. The smallest absolute Gasteiger partial charge is 0.101 e. The summed E-state index contributed by atoms with van der Waals surface area (Å²) in [4.78, 5) is 2.12. The van der Waals surface area contributed by atoms with Crippen molar-refractivity contribution in [3.05, 3.63) is 29.3 Å². The van der Waals surface area contributed by atoms with Crippen molar-refractivity contribution in [2.24, 2.45) is 5.73 Å². The topological polar surface area (TPSA) is 73.3 Å². The van der Waals surface area contributed by atoms with Gasteiger partial charge < -0.3 is 15.7 Å². The highest BCUT2D eigenvalue weighted by molar-refractivity contribution is 5.61. The average Bonchev–Trinajstić information content (AvgIpc) is 2.85. The van der Waals surface area contributed by atoms with Crippen LogP contribution in [0.2, 0.25) is 0 Å². The molecule has 1 unspecified atom stereocenters. The number of aliphatic hydroxyl groups excluding tert-OH is 1. The maximum atomic E-state index is 9.32. The number of benzene rings is 1. The minimum Gasteiger partial charge on any atom is -0.394 e. The third-order valence-electron chi connectivity index (χ3n) is 3.31. The molecule has 2 rings (SSSR count). The van der Waals surface area contributed by atoms with Gasteiger partial charge in [0.2, 0.25) is 0 Å². The highest BCUT2D eigenvalue weighted by Gasteiger charge is 2.25. The van der Waals surface area contributed by atoms with Crippen LogP contribution in [0.25, 0.3) is 0 Å². The van der Waals surface area contributed by atoms with Crippen molar-refractivity contribution >= 4 is 5.69 Å². The molecule has 1 heterocycles. The standard InChI is InChI=1S/C13H17N3O/c14-7-10-3-4-13(11(6-10)8-15)16-5-1-2-12(16)9-17/h3-4,6,12,17H,1-2,5,7,9,14H2. The first-order valence-corrected chi connectivity index (χ1v) is 5.90. The Labute approximate surface area is 101 Å². The van der Waals surface area contributed by atoms with Gasteiger partial charge in [-0.15, -0.1) is 0 Å². The van der Waals surface area contributed by atoms with Gasteiger partial charge >= 0.3 is 0 Å². The second-order valence-electron chi connectivity index (χ2n) is 4.34. The number of hydrogen-bond donors (Lipinski definition) is 2. The van der Waals surface area contributed by atoms with Crippen molar-refractivity contribution in [3.63, 3.8) is 0 Å². The third kappa shape index (κ3) is 2.26. The lowest BCUT2D eigenvalue weighted by Gasteiger charge is -2.26. The van der Waals surface area contributed by atoms with Crippen LogP contribution in [0.4, 0.5) is 5.69 Å². The molecule has 1 aromatic carbocycles. The van der Waals surface area contributed by atoms with Crippen LogP contribution in [-0.2, 0) is 6.54 Å². The van der Waals surface area contributed by atoms with E-state index in [9.17, 15) is 10.4 Å². The van der Waals surface area contributed by atoms with Crippen LogP contribution < -0.4 is 10.6 Å². The zero-order chi connectivity index (χ0) is 12.3. The predicted molar refractivity (Wildman–Crippen MR) is 66.5 cm³/mol. The van der Waals surface area contributed by atoms with Crippen LogP contribution in [0.3, 0.4) is 0 Å². The van der Waals surface area contributed by atoms with Gasteiger partial charge in [0.15, 0.2) is 0 Å². The van der Waals surface area contributed by atoms with E-state index in [1.807, 2.05) is 18.2 Å². The summed E-state index contributed by atoms with van der Waals surface area (Å²) >= 11 is 0. The number of nitrogens with two attached hydrogens (primary N) is 1. The molecule has 1 aliphatic rings. The Morgan fingerprint density at radius 2 is 2.35 bits per heavy atom. The van der Waals surface area contributed by atoms with Gasteiger partial charge in [0.25, 0.3) is 0 Å². The quantitative estimate of drug-likeness (QED) is 0.813. The number of nitriles is 1. The van der Waals surface area contributed by atoms with Gasteiger partial charge in [-0.1, -0.05) is 6.07 Å². The van der Waals surface area contributed by atoms with Gasteiger partial charge in [-0.3, -0.25) is 0 Å². The maximum Gasteiger partial charge on any atom is 0.101 e. The first-order chi connectivity index (χ1) is 8.30. The Balaban J connectivity index is 2.35. The molecule has 0 amide bonds. The van der Waals surface area contributed by atoms with Crippen LogP contribution in [0.15, 0.2) is 18.2 Å². The van der Waals surface area contributed by atoms with Crippen LogP contribution in [0, 0.1) is 11.3 Å². The molecule has 4 nitrogen and oxygen atoms in total. The van der Waals surface area contributed by atoms with Crippen LogP contribution in [0.5, 0.6) is 0 Å². The highest BCUT2D eigenvalue weighted by Crippen LogP contribution is 2.28. The molecule has 0 bridgehead atoms. The molecule has 17 heavy (non-hydrogen) atoms. The molecular weight excluding hydrogens is 214 g/mol. The molecule has 4 heteroatoms. The van der Waals surface area contributed by atoms with Gasteiger partial charge in [-0.2, -0.15) is 5.26 Å². The van der Waals surface area contributed by atoms with Crippen molar-refractivity contribution in [3.8, 4) is 6.07 Å². The van der Waals surface area contributed by atoms with E-state index in [0.717, 1.165) is 30.6 Å². The third-order valence-corrected chi connectivity index (χ3v) is 3.31. The Bertz CT molecular complexity index is 439. The number of hydrogen-bond acceptors (Lipinski definition) is 4. The molecular formula is C13H17N3O. The van der Waals surface area contributed by atoms with Crippen molar-refractivity contribution in [1.82, 2.24) is 0 Å². The molecule has 3 N–H and O–H groups in total. The lowest BCUT2D eigenvalue weighted by atomic mass is 10.1. The fourth-order valence-electron chi connectivity index (χ4n) is 2.39. The second-order valence-corrected chi connectivity index (χ2v) is 4.34. The SMILES string of the molecule is N#Cc1cc(CN)ccc1N1CCCC1CO. The summed E-state index contributed by atoms with van der Waals surface area (Å²) in [5, 5.41) is 18.5. The summed E-state index contributed by atoms with van der Waals surface area (Å²) in [5.41, 5.74) is 8.09. The molecule has 0 aromatic heterocycles. The summed E-state index contributed by atoms with van der Waals surface area (Å²) in [7, 11) is 0. The van der Waals surface area contributed by atoms with Gasteiger partial charge in [0.05, 0.1) is 23.9 Å². The van der Waals surface area contributed by atoms with E-state index in [4.69, 9.17) is 5.73 Å². The summed E-state index contributed by atoms with van der Waals surface area (Å²) in [6, 6.07) is 8.08. The van der Waals surface area contributed by atoms with E-state index in [0.29, 0.717) is 12.1 Å². The lowest BCUT2D eigenvalue weighted by molar-refractivity contribution is 0.266. The van der Waals surface area contributed by atoms with Crippen molar-refractivity contribution in [2.45, 2.75) is 25.4 Å². The molecule has 1 aliphatic heterocycles. The molecule has 90 valence electrons. The summed E-state index contributed by atoms with van der Waals surface area (Å²) in [5.74, 6) is 0. The van der Waals surface area contributed by atoms with Gasteiger partial charge in [0, 0.05) is 13.1 Å². The Hall–Kier alpha value is -1.57. The predicted octanol–water partition coefficient (Wildman–Crippen LogP) is 0.978. The first-order valence-electron chi connectivity index (χ1n) is 5.90. The van der Waals surface area contributed by atoms with E-state index in [1.54, 1.807) is 0 Å². The maximum absolute atomic E-state index is 9.32. The van der Waals surface area contributed by atoms with E-state index in [1.165, 1.54) is 0 Å². The summed E-state index contributed by atoms with van der Waals surface area (Å²) < 4.78 is 0. The normalized spacial score (nSPS) is 19.4. The van der Waals surface area contributed by atoms with Crippen LogP contribution >= 0.6 is 0 Å². The molecule has 1 atom stereocenters. The van der Waals surface area contributed by atoms with Crippen LogP contribution in [0.1, 0.15) is 24.0 Å². The second kappa shape index (κ2) is 5.17. The summed E-state index contributed by atoms with van der Waals surface area (Å²) in [6.45, 7) is 1.49. The zero-order valence-corrected chi connectivity index (χ0v) is 9.76. The molecule has 0 spiro atoms. The Morgan fingerprint density at radius 1 is 1.53 bits per heavy atom. The van der Waals surface area contributed by atoms with E-state index >= 15 is 0 Å². The zero-order valence-electron chi connectivity index (χ0n) is 9.76. The lowest BCUT2D eigenvalue weighted by Crippen LogP contribution is -2.32. The van der Waals surface area contributed by atoms with Crippen molar-refractivity contribution in [2.75, 3.05) is 18.1 Å². The van der Waals surface area contributed by atoms with Crippen molar-refractivity contribution < 1.29 is 5.11 Å². The first kappa shape index (κ1) is 11.9. The van der Waals surface area contributed by atoms with E-state index in [2.05, 4.69) is 11.0 Å². The Morgan fingerprint density at radius 3 is 3.00 bits per heavy atom. The van der Waals surface area contributed by atoms with Crippen LogP contribution in [-0.4, -0.2) is 24.3 Å². The fourth-order valence-corrected chi connectivity index (χ4v) is 2.39. The minimum atomic E-state index is 0.142. The largest absolute Gasteiger partial charge is 0.394 e. The number of aliphatic hydroxyl groups is 1. The van der Waals surface area contributed by atoms with E-state index in [-0.39, 0.29) is 12.6 Å². The van der Waals surface area contributed by atoms with Gasteiger partial charge in [0.1, 0.15) is 6.07 Å². The van der Waals surface area contributed by atoms with Crippen molar-refractivity contribution in [1.29, 1.82) is 5.26 Å². The number of anilines is 1. The van der Waals surface area contributed by atoms with Gasteiger partial charge in [-0.25, -0.2) is 0 Å². The number of rotatable bonds is 3.